The highest BCUT2D eigenvalue weighted by atomic mass is 16.1. The Hall–Kier alpha value is -1.88. The second-order valence-electron chi connectivity index (χ2n) is 3.78. The summed E-state index contributed by atoms with van der Waals surface area (Å²) in [6.07, 6.45) is 1.72. The van der Waals surface area contributed by atoms with E-state index in [0.717, 1.165) is 10.9 Å². The summed E-state index contributed by atoms with van der Waals surface area (Å²) in [5.74, 6) is -0.116. The highest BCUT2D eigenvalue weighted by Crippen LogP contribution is 2.12. The molecule has 1 amide bonds. The Morgan fingerprint density at radius 2 is 2.44 bits per heavy atom. The van der Waals surface area contributed by atoms with Gasteiger partial charge in [0.1, 0.15) is 0 Å². The quantitative estimate of drug-likeness (QED) is 0.706. The van der Waals surface area contributed by atoms with Gasteiger partial charge in [-0.05, 0) is 19.1 Å². The lowest BCUT2D eigenvalue weighted by molar-refractivity contribution is 0.0941. The number of nitrogens with two attached hydrogens (primary N) is 1. The average molecular weight is 218 g/mol. The molecule has 5 nitrogen and oxygen atoms in total. The summed E-state index contributed by atoms with van der Waals surface area (Å²) in [7, 11) is 0. The van der Waals surface area contributed by atoms with Gasteiger partial charge in [0.15, 0.2) is 0 Å². The van der Waals surface area contributed by atoms with Crippen molar-refractivity contribution in [3.05, 3.63) is 30.0 Å². The maximum atomic E-state index is 11.8. The standard InChI is InChI=1S/C11H14N4O/c1-7(5-12)14-11(16)8-2-3-9-6-13-15-10(9)4-8/h2-4,6-7H,5,12H2,1H3,(H,13,15)(H,14,16). The van der Waals surface area contributed by atoms with Crippen molar-refractivity contribution < 1.29 is 4.79 Å². The van der Waals surface area contributed by atoms with Crippen molar-refractivity contribution in [2.75, 3.05) is 6.54 Å². The smallest absolute Gasteiger partial charge is 0.251 e. The third kappa shape index (κ3) is 2.04. The van der Waals surface area contributed by atoms with Crippen LogP contribution >= 0.6 is 0 Å². The molecule has 5 heteroatoms. The van der Waals surface area contributed by atoms with Gasteiger partial charge in [-0.15, -0.1) is 0 Å². The number of rotatable bonds is 3. The van der Waals surface area contributed by atoms with Crippen LogP contribution in [0.1, 0.15) is 17.3 Å². The molecular formula is C11H14N4O. The minimum atomic E-state index is -0.116. The molecule has 0 radical (unpaired) electrons. The zero-order valence-electron chi connectivity index (χ0n) is 9.03. The molecule has 0 aliphatic carbocycles. The lowest BCUT2D eigenvalue weighted by Crippen LogP contribution is -2.37. The number of carbonyl (C=O) groups excluding carboxylic acids is 1. The first-order chi connectivity index (χ1) is 7.70. The topological polar surface area (TPSA) is 83.8 Å². The zero-order chi connectivity index (χ0) is 11.5. The van der Waals surface area contributed by atoms with Gasteiger partial charge >= 0.3 is 0 Å². The number of nitrogens with zero attached hydrogens (tertiary/aromatic N) is 1. The minimum Gasteiger partial charge on any atom is -0.348 e. The van der Waals surface area contributed by atoms with Crippen LogP contribution in [0.2, 0.25) is 0 Å². The van der Waals surface area contributed by atoms with Crippen molar-refractivity contribution in [1.82, 2.24) is 15.5 Å². The molecule has 2 aromatic rings. The summed E-state index contributed by atoms with van der Waals surface area (Å²) < 4.78 is 0. The Morgan fingerprint density at radius 1 is 1.62 bits per heavy atom. The van der Waals surface area contributed by atoms with Gasteiger partial charge in [0, 0.05) is 23.5 Å². The Kier molecular flexibility index (Phi) is 2.87. The first-order valence-electron chi connectivity index (χ1n) is 5.15. The van der Waals surface area contributed by atoms with E-state index < -0.39 is 0 Å². The number of aromatic amines is 1. The van der Waals surface area contributed by atoms with E-state index in [4.69, 9.17) is 5.73 Å². The summed E-state index contributed by atoms with van der Waals surface area (Å²) in [6.45, 7) is 2.30. The fourth-order valence-electron chi connectivity index (χ4n) is 1.44. The van der Waals surface area contributed by atoms with Crippen LogP contribution in [0, 0.1) is 0 Å². The predicted molar refractivity (Wildman–Crippen MR) is 62.1 cm³/mol. The van der Waals surface area contributed by atoms with Gasteiger partial charge in [0.2, 0.25) is 0 Å². The van der Waals surface area contributed by atoms with E-state index in [-0.39, 0.29) is 11.9 Å². The maximum Gasteiger partial charge on any atom is 0.251 e. The predicted octanol–water partition coefficient (Wildman–Crippen LogP) is 0.640. The number of aromatic nitrogens is 2. The molecule has 2 rings (SSSR count). The molecule has 0 bridgehead atoms. The lowest BCUT2D eigenvalue weighted by atomic mass is 10.1. The molecule has 0 fully saturated rings. The van der Waals surface area contributed by atoms with Crippen LogP contribution < -0.4 is 11.1 Å². The molecule has 16 heavy (non-hydrogen) atoms. The third-order valence-electron chi connectivity index (χ3n) is 2.44. The molecule has 1 unspecified atom stereocenters. The van der Waals surface area contributed by atoms with Crippen molar-refractivity contribution >= 4 is 16.8 Å². The Morgan fingerprint density at radius 3 is 3.19 bits per heavy atom. The molecule has 1 heterocycles. The Balaban J connectivity index is 2.22. The fraction of sp³-hybridized carbons (Fsp3) is 0.273. The van der Waals surface area contributed by atoms with Crippen LogP contribution in [0.3, 0.4) is 0 Å². The normalized spacial score (nSPS) is 12.6. The molecule has 0 saturated carbocycles. The molecule has 0 saturated heterocycles. The summed E-state index contributed by atoms with van der Waals surface area (Å²) in [4.78, 5) is 11.8. The molecule has 0 aliphatic heterocycles. The van der Waals surface area contributed by atoms with Crippen LogP contribution in [0.15, 0.2) is 24.4 Å². The summed E-state index contributed by atoms with van der Waals surface area (Å²) >= 11 is 0. The van der Waals surface area contributed by atoms with Crippen LogP contribution in [0.5, 0.6) is 0 Å². The number of hydrogen-bond acceptors (Lipinski definition) is 3. The molecule has 1 atom stereocenters. The number of H-pyrrole nitrogens is 1. The molecule has 84 valence electrons. The number of carbonyl (C=O) groups is 1. The van der Waals surface area contributed by atoms with Gasteiger partial charge in [-0.1, -0.05) is 6.07 Å². The van der Waals surface area contributed by atoms with Crippen LogP contribution in [0.4, 0.5) is 0 Å². The first-order valence-corrected chi connectivity index (χ1v) is 5.15. The molecule has 0 spiro atoms. The fourth-order valence-corrected chi connectivity index (χ4v) is 1.44. The highest BCUT2D eigenvalue weighted by molar-refractivity contribution is 5.97. The van der Waals surface area contributed by atoms with E-state index >= 15 is 0 Å². The van der Waals surface area contributed by atoms with E-state index in [9.17, 15) is 4.79 Å². The first kappa shape index (κ1) is 10.6. The second-order valence-corrected chi connectivity index (χ2v) is 3.78. The number of fused-ring (bicyclic) bond motifs is 1. The third-order valence-corrected chi connectivity index (χ3v) is 2.44. The van der Waals surface area contributed by atoms with E-state index in [1.165, 1.54) is 0 Å². The van der Waals surface area contributed by atoms with E-state index in [1.807, 2.05) is 13.0 Å². The largest absolute Gasteiger partial charge is 0.348 e. The Bertz CT molecular complexity index is 505. The monoisotopic (exact) mass is 218 g/mol. The summed E-state index contributed by atoms with van der Waals surface area (Å²) in [5, 5.41) is 10.5. The van der Waals surface area contributed by atoms with Crippen molar-refractivity contribution in [2.45, 2.75) is 13.0 Å². The maximum absolute atomic E-state index is 11.8. The molecule has 0 aliphatic rings. The minimum absolute atomic E-state index is 0.0232. The zero-order valence-corrected chi connectivity index (χ0v) is 9.03. The van der Waals surface area contributed by atoms with Gasteiger partial charge in [0.05, 0.1) is 11.7 Å². The van der Waals surface area contributed by atoms with Gasteiger partial charge < -0.3 is 11.1 Å². The number of amides is 1. The van der Waals surface area contributed by atoms with Crippen molar-refractivity contribution in [3.8, 4) is 0 Å². The van der Waals surface area contributed by atoms with Gasteiger partial charge in [-0.2, -0.15) is 5.10 Å². The second kappa shape index (κ2) is 4.32. The van der Waals surface area contributed by atoms with Gasteiger partial charge in [-0.3, -0.25) is 9.89 Å². The lowest BCUT2D eigenvalue weighted by Gasteiger charge is -2.10. The van der Waals surface area contributed by atoms with E-state index in [2.05, 4.69) is 15.5 Å². The number of benzene rings is 1. The number of hydrogen-bond donors (Lipinski definition) is 3. The average Bonchev–Trinajstić information content (AvgIpc) is 2.75. The highest BCUT2D eigenvalue weighted by Gasteiger charge is 2.09. The summed E-state index contributed by atoms with van der Waals surface area (Å²) in [6, 6.07) is 5.39. The van der Waals surface area contributed by atoms with Crippen LogP contribution in [0.25, 0.3) is 10.9 Å². The van der Waals surface area contributed by atoms with Crippen LogP contribution in [-0.4, -0.2) is 28.7 Å². The Labute approximate surface area is 93.0 Å². The van der Waals surface area contributed by atoms with Crippen molar-refractivity contribution in [2.24, 2.45) is 5.73 Å². The molecule has 4 N–H and O–H groups in total. The molecule has 1 aromatic heterocycles. The van der Waals surface area contributed by atoms with Crippen LogP contribution in [-0.2, 0) is 0 Å². The van der Waals surface area contributed by atoms with E-state index in [0.29, 0.717) is 12.1 Å². The summed E-state index contributed by atoms with van der Waals surface area (Å²) in [5.41, 5.74) is 6.90. The van der Waals surface area contributed by atoms with Gasteiger partial charge in [0.25, 0.3) is 5.91 Å². The SMILES string of the molecule is CC(CN)NC(=O)c1ccc2cn[nH]c2c1. The van der Waals surface area contributed by atoms with Crippen molar-refractivity contribution in [3.63, 3.8) is 0 Å². The van der Waals surface area contributed by atoms with Gasteiger partial charge in [-0.25, -0.2) is 0 Å². The number of nitrogens with one attached hydrogen (secondary N) is 2. The van der Waals surface area contributed by atoms with Crippen molar-refractivity contribution in [1.29, 1.82) is 0 Å². The molecule has 1 aromatic carbocycles. The molecular weight excluding hydrogens is 204 g/mol. The van der Waals surface area contributed by atoms with E-state index in [1.54, 1.807) is 18.3 Å².